The van der Waals surface area contributed by atoms with Crippen molar-refractivity contribution in [1.82, 2.24) is 24.6 Å². The first kappa shape index (κ1) is 22.5. The number of thioether (sulfide) groups is 1. The van der Waals surface area contributed by atoms with E-state index in [1.807, 2.05) is 19.2 Å². The zero-order chi connectivity index (χ0) is 22.5. The van der Waals surface area contributed by atoms with Gasteiger partial charge in [-0.25, -0.2) is 9.37 Å². The van der Waals surface area contributed by atoms with E-state index in [1.54, 1.807) is 27.7 Å². The molecule has 8 heteroatoms. The topological polar surface area (TPSA) is 54.3 Å². The van der Waals surface area contributed by atoms with Gasteiger partial charge in [-0.3, -0.25) is 14.4 Å². The average Bonchev–Trinajstić information content (AvgIpc) is 3.43. The second-order valence-electron chi connectivity index (χ2n) is 8.28. The van der Waals surface area contributed by atoms with E-state index >= 15 is 0 Å². The molecule has 1 fully saturated rings. The molecule has 0 bridgehead atoms. The molecule has 0 saturated carbocycles. The van der Waals surface area contributed by atoms with E-state index in [-0.39, 0.29) is 23.0 Å². The van der Waals surface area contributed by atoms with Gasteiger partial charge in [-0.15, -0.1) is 11.8 Å². The SMILES string of the molecule is Cc1cccc(CN2C[C@H](Sc3ccc(F)cc3)C[C@H]2C(=O)N(C)CCn2cncn2)c1. The monoisotopic (exact) mass is 453 g/mol. The highest BCUT2D eigenvalue weighted by Crippen LogP contribution is 2.34. The number of nitrogens with zero attached hydrogens (tertiary/aromatic N) is 5. The van der Waals surface area contributed by atoms with Crippen LogP contribution in [0, 0.1) is 12.7 Å². The summed E-state index contributed by atoms with van der Waals surface area (Å²) in [6, 6.07) is 14.8. The van der Waals surface area contributed by atoms with E-state index in [4.69, 9.17) is 0 Å². The third kappa shape index (κ3) is 5.75. The van der Waals surface area contributed by atoms with E-state index in [2.05, 4.69) is 46.2 Å². The summed E-state index contributed by atoms with van der Waals surface area (Å²) in [4.78, 5) is 22.5. The fourth-order valence-electron chi connectivity index (χ4n) is 4.09. The molecular formula is C24H28FN5OS. The molecule has 1 aliphatic rings. The van der Waals surface area contributed by atoms with Gasteiger partial charge >= 0.3 is 0 Å². The highest BCUT2D eigenvalue weighted by Gasteiger charge is 2.38. The lowest BCUT2D eigenvalue weighted by Gasteiger charge is -2.28. The maximum atomic E-state index is 13.4. The van der Waals surface area contributed by atoms with Gasteiger partial charge in [0.15, 0.2) is 0 Å². The predicted octanol–water partition coefficient (Wildman–Crippen LogP) is 3.62. The molecule has 2 aromatic carbocycles. The van der Waals surface area contributed by atoms with Crippen LogP contribution in [0.1, 0.15) is 17.5 Å². The van der Waals surface area contributed by atoms with Crippen LogP contribution >= 0.6 is 11.8 Å². The minimum atomic E-state index is -0.232. The van der Waals surface area contributed by atoms with Crippen molar-refractivity contribution in [2.45, 2.75) is 42.6 Å². The van der Waals surface area contributed by atoms with Crippen molar-refractivity contribution >= 4 is 17.7 Å². The molecule has 2 heterocycles. The third-order valence-electron chi connectivity index (χ3n) is 5.74. The summed E-state index contributed by atoms with van der Waals surface area (Å²) in [7, 11) is 1.85. The lowest BCUT2D eigenvalue weighted by atomic mass is 10.1. The molecule has 0 aliphatic carbocycles. The lowest BCUT2D eigenvalue weighted by Crippen LogP contribution is -2.44. The number of likely N-dealkylation sites (tertiary alicyclic amines) is 1. The molecule has 6 nitrogen and oxygen atoms in total. The number of hydrogen-bond acceptors (Lipinski definition) is 5. The summed E-state index contributed by atoms with van der Waals surface area (Å²) in [5.41, 5.74) is 2.42. The molecule has 2 atom stereocenters. The minimum Gasteiger partial charge on any atom is -0.343 e. The molecule has 0 N–H and O–H groups in total. The van der Waals surface area contributed by atoms with Crippen LogP contribution in [-0.4, -0.2) is 61.9 Å². The Labute approximate surface area is 192 Å². The van der Waals surface area contributed by atoms with Crippen LogP contribution in [0.3, 0.4) is 0 Å². The Balaban J connectivity index is 1.46. The van der Waals surface area contributed by atoms with E-state index in [0.717, 1.165) is 24.4 Å². The molecule has 0 spiro atoms. The first-order valence-electron chi connectivity index (χ1n) is 10.8. The quantitative estimate of drug-likeness (QED) is 0.522. The second-order valence-corrected chi connectivity index (χ2v) is 9.66. The zero-order valence-corrected chi connectivity index (χ0v) is 19.2. The number of carbonyl (C=O) groups excluding carboxylic acids is 1. The Morgan fingerprint density at radius 3 is 2.78 bits per heavy atom. The van der Waals surface area contributed by atoms with Crippen molar-refractivity contribution in [2.75, 3.05) is 20.1 Å². The number of halogens is 1. The van der Waals surface area contributed by atoms with Crippen molar-refractivity contribution in [1.29, 1.82) is 0 Å². The molecule has 1 saturated heterocycles. The molecule has 3 aromatic rings. The van der Waals surface area contributed by atoms with Gasteiger partial charge in [0, 0.05) is 36.8 Å². The van der Waals surface area contributed by atoms with Gasteiger partial charge in [0.05, 0.1) is 12.6 Å². The van der Waals surface area contributed by atoms with Gasteiger partial charge in [0.25, 0.3) is 0 Å². The smallest absolute Gasteiger partial charge is 0.239 e. The molecule has 168 valence electrons. The standard InChI is InChI=1S/C24H28FN5OS/c1-18-4-3-5-19(12-18)14-29-15-22(32-21-8-6-20(25)7-9-21)13-23(29)24(31)28(2)10-11-30-17-26-16-27-30/h3-9,12,16-17,22-23H,10-11,13-15H2,1-2H3/t22-,23+/m1/s1. The summed E-state index contributed by atoms with van der Waals surface area (Å²) < 4.78 is 15.0. The fraction of sp³-hybridized carbons (Fsp3) is 0.375. The van der Waals surface area contributed by atoms with Gasteiger partial charge < -0.3 is 4.90 Å². The lowest BCUT2D eigenvalue weighted by molar-refractivity contribution is -0.135. The predicted molar refractivity (Wildman–Crippen MR) is 124 cm³/mol. The molecule has 0 unspecified atom stereocenters. The highest BCUT2D eigenvalue weighted by atomic mass is 32.2. The summed E-state index contributed by atoms with van der Waals surface area (Å²) in [5.74, 6) is -0.108. The zero-order valence-electron chi connectivity index (χ0n) is 18.4. The Hall–Kier alpha value is -2.71. The van der Waals surface area contributed by atoms with Crippen molar-refractivity contribution in [3.8, 4) is 0 Å². The van der Waals surface area contributed by atoms with Gasteiger partial charge in [-0.1, -0.05) is 29.8 Å². The first-order valence-corrected chi connectivity index (χ1v) is 11.6. The summed E-state index contributed by atoms with van der Waals surface area (Å²) in [6.45, 7) is 4.81. The van der Waals surface area contributed by atoms with Crippen LogP contribution in [-0.2, 0) is 17.9 Å². The molecule has 0 radical (unpaired) electrons. The maximum absolute atomic E-state index is 13.4. The summed E-state index contributed by atoms with van der Waals surface area (Å²) in [5, 5.41) is 4.38. The van der Waals surface area contributed by atoms with Crippen molar-refractivity contribution in [3.05, 3.63) is 78.1 Å². The van der Waals surface area contributed by atoms with Crippen LogP contribution < -0.4 is 0 Å². The van der Waals surface area contributed by atoms with Crippen molar-refractivity contribution in [2.24, 2.45) is 0 Å². The van der Waals surface area contributed by atoms with Gasteiger partial charge in [-0.05, 0) is 43.2 Å². The Morgan fingerprint density at radius 1 is 1.25 bits per heavy atom. The number of aryl methyl sites for hydroxylation is 1. The Bertz CT molecular complexity index is 1030. The Kier molecular flexibility index (Phi) is 7.22. The molecule has 4 rings (SSSR count). The number of carbonyl (C=O) groups is 1. The number of rotatable bonds is 8. The average molecular weight is 454 g/mol. The van der Waals surface area contributed by atoms with Crippen molar-refractivity contribution < 1.29 is 9.18 Å². The largest absolute Gasteiger partial charge is 0.343 e. The van der Waals surface area contributed by atoms with Gasteiger partial charge in [0.1, 0.15) is 18.5 Å². The van der Waals surface area contributed by atoms with Crippen molar-refractivity contribution in [3.63, 3.8) is 0 Å². The first-order chi connectivity index (χ1) is 15.5. The number of hydrogen-bond donors (Lipinski definition) is 0. The molecular weight excluding hydrogens is 425 g/mol. The molecule has 1 amide bonds. The third-order valence-corrected chi connectivity index (χ3v) is 6.96. The molecule has 1 aliphatic heterocycles. The van der Waals surface area contributed by atoms with Gasteiger partial charge in [0.2, 0.25) is 5.91 Å². The highest BCUT2D eigenvalue weighted by molar-refractivity contribution is 8.00. The van der Waals surface area contributed by atoms with E-state index < -0.39 is 0 Å². The van der Waals surface area contributed by atoms with Crippen LogP contribution in [0.15, 0.2) is 66.1 Å². The molecule has 1 aromatic heterocycles. The number of aromatic nitrogens is 3. The minimum absolute atomic E-state index is 0.125. The fourth-order valence-corrected chi connectivity index (χ4v) is 5.32. The summed E-state index contributed by atoms with van der Waals surface area (Å²) >= 11 is 1.72. The van der Waals surface area contributed by atoms with Crippen LogP contribution in [0.2, 0.25) is 0 Å². The number of benzene rings is 2. The van der Waals surface area contributed by atoms with Crippen LogP contribution in [0.5, 0.6) is 0 Å². The second kappa shape index (κ2) is 10.3. The van der Waals surface area contributed by atoms with Gasteiger partial charge in [-0.2, -0.15) is 5.10 Å². The van der Waals surface area contributed by atoms with E-state index in [1.165, 1.54) is 29.6 Å². The van der Waals surface area contributed by atoms with Crippen LogP contribution in [0.25, 0.3) is 0 Å². The number of likely N-dealkylation sites (N-methyl/N-ethyl adjacent to an activating group) is 1. The van der Waals surface area contributed by atoms with Crippen LogP contribution in [0.4, 0.5) is 4.39 Å². The molecule has 32 heavy (non-hydrogen) atoms. The Morgan fingerprint density at radius 2 is 2.06 bits per heavy atom. The normalized spacial score (nSPS) is 18.7. The van der Waals surface area contributed by atoms with E-state index in [0.29, 0.717) is 13.1 Å². The number of amides is 1. The summed E-state index contributed by atoms with van der Waals surface area (Å²) in [6.07, 6.45) is 3.92. The maximum Gasteiger partial charge on any atom is 0.239 e. The van der Waals surface area contributed by atoms with E-state index in [9.17, 15) is 9.18 Å².